The van der Waals surface area contributed by atoms with Crippen LogP contribution in [0.4, 0.5) is 14.6 Å². The number of halogens is 2. The molecule has 0 bridgehead atoms. The molecule has 0 radical (unpaired) electrons. The van der Waals surface area contributed by atoms with Crippen LogP contribution in [0.5, 0.6) is 0 Å². The van der Waals surface area contributed by atoms with Crippen molar-refractivity contribution in [3.8, 4) is 0 Å². The predicted octanol–water partition coefficient (Wildman–Crippen LogP) is 3.78. The molecule has 0 spiro atoms. The predicted molar refractivity (Wildman–Crippen MR) is 84.9 cm³/mol. The Kier molecular flexibility index (Phi) is 4.07. The van der Waals surface area contributed by atoms with Crippen molar-refractivity contribution in [1.29, 1.82) is 0 Å². The molecule has 3 rings (SSSR count). The average Bonchev–Trinajstić information content (AvgIpc) is 2.53. The zero-order chi connectivity index (χ0) is 17.3. The highest BCUT2D eigenvalue weighted by atomic mass is 19.1. The molecule has 0 fully saturated rings. The van der Waals surface area contributed by atoms with Gasteiger partial charge in [0.15, 0.2) is 0 Å². The van der Waals surface area contributed by atoms with E-state index in [9.17, 15) is 18.7 Å². The van der Waals surface area contributed by atoms with Gasteiger partial charge in [0.2, 0.25) is 0 Å². The number of nitrogens with zero attached hydrogens (tertiary/aromatic N) is 2. The SMILES string of the molecule is CC(Nc1ncnc2c(C(=O)O)cccc12)c1cc(F)cc(F)c1. The van der Waals surface area contributed by atoms with E-state index in [1.54, 1.807) is 19.1 Å². The Labute approximate surface area is 136 Å². The van der Waals surface area contributed by atoms with Crippen LogP contribution in [0.1, 0.15) is 28.9 Å². The van der Waals surface area contributed by atoms with E-state index >= 15 is 0 Å². The zero-order valence-electron chi connectivity index (χ0n) is 12.6. The molecule has 2 N–H and O–H groups in total. The van der Waals surface area contributed by atoms with Crippen LogP contribution in [0.25, 0.3) is 10.9 Å². The molecule has 1 heterocycles. The van der Waals surface area contributed by atoms with Crippen molar-refractivity contribution in [3.63, 3.8) is 0 Å². The number of rotatable bonds is 4. The largest absolute Gasteiger partial charge is 0.478 e. The molecule has 24 heavy (non-hydrogen) atoms. The lowest BCUT2D eigenvalue weighted by Crippen LogP contribution is -2.10. The van der Waals surface area contributed by atoms with Crippen molar-refractivity contribution in [2.24, 2.45) is 0 Å². The summed E-state index contributed by atoms with van der Waals surface area (Å²) in [6.45, 7) is 1.73. The van der Waals surface area contributed by atoms with Gasteiger partial charge in [-0.15, -0.1) is 0 Å². The van der Waals surface area contributed by atoms with Crippen molar-refractivity contribution in [1.82, 2.24) is 9.97 Å². The minimum atomic E-state index is -1.09. The molecule has 5 nitrogen and oxygen atoms in total. The van der Waals surface area contributed by atoms with Crippen LogP contribution in [0.2, 0.25) is 0 Å². The number of para-hydroxylation sites is 1. The molecule has 0 saturated carbocycles. The summed E-state index contributed by atoms with van der Waals surface area (Å²) in [7, 11) is 0. The first-order valence-corrected chi connectivity index (χ1v) is 7.15. The lowest BCUT2D eigenvalue weighted by atomic mass is 10.1. The van der Waals surface area contributed by atoms with E-state index < -0.39 is 23.6 Å². The van der Waals surface area contributed by atoms with Crippen molar-refractivity contribution in [3.05, 3.63) is 65.5 Å². The van der Waals surface area contributed by atoms with Gasteiger partial charge >= 0.3 is 5.97 Å². The standard InChI is InChI=1S/C17H13F2N3O2/c1-9(10-5-11(18)7-12(19)6-10)22-16-13-3-2-4-14(17(23)24)15(13)20-8-21-16/h2-9H,1H3,(H,23,24)(H,20,21,22). The Morgan fingerprint density at radius 2 is 1.88 bits per heavy atom. The molecule has 0 aliphatic carbocycles. The second-order valence-electron chi connectivity index (χ2n) is 5.30. The topological polar surface area (TPSA) is 75.1 Å². The van der Waals surface area contributed by atoms with E-state index in [0.29, 0.717) is 22.3 Å². The maximum absolute atomic E-state index is 13.4. The third kappa shape index (κ3) is 3.01. The number of anilines is 1. The normalized spacial score (nSPS) is 12.1. The lowest BCUT2D eigenvalue weighted by Gasteiger charge is -2.16. The van der Waals surface area contributed by atoms with Crippen LogP contribution in [0.3, 0.4) is 0 Å². The Morgan fingerprint density at radius 3 is 2.54 bits per heavy atom. The number of fused-ring (bicyclic) bond motifs is 1. The van der Waals surface area contributed by atoms with Gasteiger partial charge in [0.05, 0.1) is 17.1 Å². The molecule has 122 valence electrons. The summed E-state index contributed by atoms with van der Waals surface area (Å²) in [5, 5.41) is 12.8. The number of benzene rings is 2. The fourth-order valence-corrected chi connectivity index (χ4v) is 2.49. The van der Waals surface area contributed by atoms with Gasteiger partial charge in [-0.2, -0.15) is 0 Å². The highest BCUT2D eigenvalue weighted by Crippen LogP contribution is 2.26. The van der Waals surface area contributed by atoms with E-state index in [1.807, 2.05) is 0 Å². The number of carboxylic acids is 1. The van der Waals surface area contributed by atoms with Crippen LogP contribution in [-0.2, 0) is 0 Å². The Bertz CT molecular complexity index is 911. The molecule has 0 aliphatic heterocycles. The first kappa shape index (κ1) is 15.8. The molecular formula is C17H13F2N3O2. The van der Waals surface area contributed by atoms with E-state index in [1.165, 1.54) is 24.5 Å². The maximum atomic E-state index is 13.4. The van der Waals surface area contributed by atoms with Gasteiger partial charge in [-0.05, 0) is 36.8 Å². The highest BCUT2D eigenvalue weighted by Gasteiger charge is 2.15. The minimum Gasteiger partial charge on any atom is -0.478 e. The fourth-order valence-electron chi connectivity index (χ4n) is 2.49. The van der Waals surface area contributed by atoms with Crippen molar-refractivity contribution in [2.75, 3.05) is 5.32 Å². The Morgan fingerprint density at radius 1 is 1.17 bits per heavy atom. The first-order valence-electron chi connectivity index (χ1n) is 7.15. The molecule has 0 amide bonds. The molecule has 7 heteroatoms. The summed E-state index contributed by atoms with van der Waals surface area (Å²) in [5.74, 6) is -2.04. The van der Waals surface area contributed by atoms with Crippen molar-refractivity contribution < 1.29 is 18.7 Å². The highest BCUT2D eigenvalue weighted by molar-refractivity contribution is 6.04. The van der Waals surface area contributed by atoms with Gasteiger partial charge in [-0.25, -0.2) is 23.5 Å². The summed E-state index contributed by atoms with van der Waals surface area (Å²) < 4.78 is 26.7. The molecular weight excluding hydrogens is 316 g/mol. The molecule has 2 aromatic carbocycles. The van der Waals surface area contributed by atoms with Gasteiger partial charge in [0.1, 0.15) is 23.8 Å². The number of aromatic carboxylic acids is 1. The third-order valence-electron chi connectivity index (χ3n) is 3.63. The summed E-state index contributed by atoms with van der Waals surface area (Å²) in [4.78, 5) is 19.4. The van der Waals surface area contributed by atoms with Crippen LogP contribution >= 0.6 is 0 Å². The summed E-state index contributed by atoms with van der Waals surface area (Å²) in [6, 6.07) is 7.54. The first-order chi connectivity index (χ1) is 11.5. The smallest absolute Gasteiger partial charge is 0.337 e. The number of carbonyl (C=O) groups is 1. The van der Waals surface area contributed by atoms with Gasteiger partial charge in [-0.1, -0.05) is 6.07 Å². The molecule has 3 aromatic rings. The second kappa shape index (κ2) is 6.19. The summed E-state index contributed by atoms with van der Waals surface area (Å²) >= 11 is 0. The molecule has 1 unspecified atom stereocenters. The fraction of sp³-hybridized carbons (Fsp3) is 0.118. The monoisotopic (exact) mass is 329 g/mol. The average molecular weight is 329 g/mol. The number of aromatic nitrogens is 2. The van der Waals surface area contributed by atoms with E-state index in [0.717, 1.165) is 6.07 Å². The quantitative estimate of drug-likeness (QED) is 0.762. The van der Waals surface area contributed by atoms with Gasteiger partial charge < -0.3 is 10.4 Å². The lowest BCUT2D eigenvalue weighted by molar-refractivity contribution is 0.0699. The van der Waals surface area contributed by atoms with E-state index in [-0.39, 0.29) is 5.56 Å². The second-order valence-corrected chi connectivity index (χ2v) is 5.30. The van der Waals surface area contributed by atoms with Crippen LogP contribution in [0.15, 0.2) is 42.7 Å². The molecule has 0 saturated heterocycles. The van der Waals surface area contributed by atoms with Crippen LogP contribution < -0.4 is 5.32 Å². The van der Waals surface area contributed by atoms with E-state index in [4.69, 9.17) is 0 Å². The van der Waals surface area contributed by atoms with Crippen molar-refractivity contribution >= 4 is 22.7 Å². The third-order valence-corrected chi connectivity index (χ3v) is 3.63. The zero-order valence-corrected chi connectivity index (χ0v) is 12.6. The summed E-state index contributed by atoms with van der Waals surface area (Å²) in [6.07, 6.45) is 1.25. The molecule has 1 aromatic heterocycles. The number of hydrogen-bond acceptors (Lipinski definition) is 4. The van der Waals surface area contributed by atoms with Crippen molar-refractivity contribution in [2.45, 2.75) is 13.0 Å². The molecule has 1 atom stereocenters. The van der Waals surface area contributed by atoms with Crippen LogP contribution in [-0.4, -0.2) is 21.0 Å². The van der Waals surface area contributed by atoms with Crippen LogP contribution in [0, 0.1) is 11.6 Å². The molecule has 0 aliphatic rings. The van der Waals surface area contributed by atoms with Gasteiger partial charge in [0, 0.05) is 11.5 Å². The summed E-state index contributed by atoms with van der Waals surface area (Å²) in [5.41, 5.74) is 0.760. The maximum Gasteiger partial charge on any atom is 0.337 e. The number of nitrogens with one attached hydrogen (secondary N) is 1. The minimum absolute atomic E-state index is 0.0578. The number of carboxylic acid groups (broad SMARTS) is 1. The van der Waals surface area contributed by atoms with Gasteiger partial charge in [-0.3, -0.25) is 0 Å². The Hall–Kier alpha value is -3.09. The van der Waals surface area contributed by atoms with Gasteiger partial charge in [0.25, 0.3) is 0 Å². The number of hydrogen-bond donors (Lipinski definition) is 2. The Balaban J connectivity index is 2.01. The van der Waals surface area contributed by atoms with E-state index in [2.05, 4.69) is 15.3 Å².